The minimum atomic E-state index is -0.448. The van der Waals surface area contributed by atoms with Crippen LogP contribution in [0.3, 0.4) is 0 Å². The van der Waals surface area contributed by atoms with E-state index in [4.69, 9.17) is 10.6 Å². The topological polar surface area (TPSA) is 62.9 Å². The van der Waals surface area contributed by atoms with Gasteiger partial charge in [-0.2, -0.15) is 5.10 Å². The number of nitrogens with two attached hydrogens (primary N) is 1. The summed E-state index contributed by atoms with van der Waals surface area (Å²) in [4.78, 5) is 2.59. The third kappa shape index (κ3) is 5.83. The molecule has 0 spiro atoms. The molecule has 1 aromatic rings. The molecule has 0 saturated carbocycles. The van der Waals surface area contributed by atoms with Gasteiger partial charge in [0.1, 0.15) is 0 Å². The summed E-state index contributed by atoms with van der Waals surface area (Å²) in [5.74, 6) is 5.23. The first-order valence-corrected chi connectivity index (χ1v) is 10.0. The highest BCUT2D eigenvalue weighted by Gasteiger charge is 2.23. The number of nitrogens with one attached hydrogen (secondary N) is 1. The number of piperidine rings is 1. The van der Waals surface area contributed by atoms with E-state index in [1.54, 1.807) is 18.2 Å². The molecular weight excluding hydrogens is 355 g/mol. The van der Waals surface area contributed by atoms with Crippen molar-refractivity contribution in [2.45, 2.75) is 51.6 Å². The molecule has 2 rings (SSSR count). The highest BCUT2D eigenvalue weighted by Crippen LogP contribution is 2.19. The van der Waals surface area contributed by atoms with Crippen molar-refractivity contribution >= 4 is 5.71 Å². The van der Waals surface area contributed by atoms with Gasteiger partial charge in [0.05, 0.1) is 12.8 Å². The summed E-state index contributed by atoms with van der Waals surface area (Å²) in [5, 5.41) is 7.25. The Morgan fingerprint density at radius 3 is 2.57 bits per heavy atom. The van der Waals surface area contributed by atoms with Crippen molar-refractivity contribution < 1.29 is 9.13 Å². The molecular formula is C22H33FN4O. The lowest BCUT2D eigenvalue weighted by atomic mass is 10.0. The molecule has 1 aliphatic heterocycles. The second-order valence-electron chi connectivity index (χ2n) is 7.15. The SMILES string of the molecule is C=C(/C=C\C(=N/N)c1ccc(OC)c(F)c1)NC1CCN(C(CC)CC)CC1. The number of hydrogen-bond acceptors (Lipinski definition) is 5. The summed E-state index contributed by atoms with van der Waals surface area (Å²) in [7, 11) is 1.43. The highest BCUT2D eigenvalue weighted by molar-refractivity contribution is 6.08. The van der Waals surface area contributed by atoms with Crippen LogP contribution in [0.4, 0.5) is 4.39 Å². The zero-order valence-electron chi connectivity index (χ0n) is 17.2. The Morgan fingerprint density at radius 2 is 2.04 bits per heavy atom. The quantitative estimate of drug-likeness (QED) is 0.292. The van der Waals surface area contributed by atoms with E-state index < -0.39 is 5.82 Å². The molecule has 0 amide bonds. The maximum Gasteiger partial charge on any atom is 0.165 e. The van der Waals surface area contributed by atoms with E-state index in [-0.39, 0.29) is 5.75 Å². The number of benzene rings is 1. The van der Waals surface area contributed by atoms with Crippen LogP contribution in [-0.4, -0.2) is 42.9 Å². The van der Waals surface area contributed by atoms with Gasteiger partial charge in [0.15, 0.2) is 11.6 Å². The number of likely N-dealkylation sites (tertiary alicyclic amines) is 1. The molecule has 1 fully saturated rings. The Bertz CT molecular complexity index is 704. The number of rotatable bonds is 9. The average molecular weight is 389 g/mol. The van der Waals surface area contributed by atoms with Gasteiger partial charge >= 0.3 is 0 Å². The molecule has 6 heteroatoms. The molecule has 28 heavy (non-hydrogen) atoms. The normalized spacial score (nSPS) is 16.7. The Labute approximate surface area is 168 Å². The second-order valence-corrected chi connectivity index (χ2v) is 7.15. The maximum absolute atomic E-state index is 13.9. The number of halogens is 1. The first-order chi connectivity index (χ1) is 13.5. The molecule has 0 aliphatic carbocycles. The molecule has 0 radical (unpaired) electrons. The zero-order chi connectivity index (χ0) is 20.5. The molecule has 154 valence electrons. The molecule has 0 atom stereocenters. The fourth-order valence-electron chi connectivity index (χ4n) is 3.74. The predicted octanol–water partition coefficient (Wildman–Crippen LogP) is 3.81. The average Bonchev–Trinajstić information content (AvgIpc) is 2.70. The summed E-state index contributed by atoms with van der Waals surface area (Å²) in [6.07, 6.45) is 8.20. The van der Waals surface area contributed by atoms with Crippen LogP contribution in [0.15, 0.2) is 47.7 Å². The van der Waals surface area contributed by atoms with Crippen LogP contribution >= 0.6 is 0 Å². The third-order valence-electron chi connectivity index (χ3n) is 5.41. The lowest BCUT2D eigenvalue weighted by Crippen LogP contribution is -2.46. The molecule has 0 unspecified atom stereocenters. The van der Waals surface area contributed by atoms with Crippen molar-refractivity contribution in [3.05, 3.63) is 54.0 Å². The molecule has 1 heterocycles. The molecule has 1 saturated heterocycles. The Balaban J connectivity index is 1.90. The monoisotopic (exact) mass is 388 g/mol. The molecule has 1 aliphatic rings. The van der Waals surface area contributed by atoms with Crippen molar-refractivity contribution in [3.8, 4) is 5.75 Å². The van der Waals surface area contributed by atoms with E-state index in [1.165, 1.54) is 26.0 Å². The lowest BCUT2D eigenvalue weighted by Gasteiger charge is -2.37. The largest absolute Gasteiger partial charge is 0.494 e. The Morgan fingerprint density at radius 1 is 1.36 bits per heavy atom. The number of allylic oxidation sites excluding steroid dienone is 2. The van der Waals surface area contributed by atoms with E-state index in [2.05, 4.69) is 35.7 Å². The van der Waals surface area contributed by atoms with Gasteiger partial charge in [-0.05, 0) is 56.0 Å². The van der Waals surface area contributed by atoms with Gasteiger partial charge in [0.25, 0.3) is 0 Å². The van der Waals surface area contributed by atoms with E-state index in [9.17, 15) is 4.39 Å². The lowest BCUT2D eigenvalue weighted by molar-refractivity contribution is 0.139. The number of ether oxygens (including phenoxy) is 1. The van der Waals surface area contributed by atoms with Crippen LogP contribution in [0.1, 0.15) is 45.1 Å². The first-order valence-electron chi connectivity index (χ1n) is 10.0. The number of methoxy groups -OCH3 is 1. The van der Waals surface area contributed by atoms with Crippen molar-refractivity contribution in [1.29, 1.82) is 0 Å². The Kier molecular flexibility index (Phi) is 8.51. The van der Waals surface area contributed by atoms with E-state index in [1.807, 2.05) is 6.08 Å². The fourth-order valence-corrected chi connectivity index (χ4v) is 3.74. The van der Waals surface area contributed by atoms with Crippen LogP contribution in [0.5, 0.6) is 5.75 Å². The van der Waals surface area contributed by atoms with Crippen molar-refractivity contribution in [1.82, 2.24) is 10.2 Å². The Hall–Kier alpha value is -2.34. The molecule has 1 aromatic carbocycles. The van der Waals surface area contributed by atoms with Gasteiger partial charge in [0.2, 0.25) is 0 Å². The first kappa shape index (κ1) is 22.0. The van der Waals surface area contributed by atoms with Crippen molar-refractivity contribution in [2.24, 2.45) is 10.9 Å². The fraction of sp³-hybridized carbons (Fsp3) is 0.500. The molecule has 3 N–H and O–H groups in total. The number of nitrogens with zero attached hydrogens (tertiary/aromatic N) is 2. The summed E-state index contributed by atoms with van der Waals surface area (Å²) < 4.78 is 18.9. The van der Waals surface area contributed by atoms with Crippen LogP contribution < -0.4 is 15.9 Å². The molecule has 5 nitrogen and oxygen atoms in total. The smallest absolute Gasteiger partial charge is 0.165 e. The van der Waals surface area contributed by atoms with Gasteiger partial charge < -0.3 is 20.8 Å². The van der Waals surface area contributed by atoms with Crippen LogP contribution in [0, 0.1) is 5.82 Å². The summed E-state index contributed by atoms with van der Waals surface area (Å²) >= 11 is 0. The standard InChI is InChI=1S/C22H33FN4O/c1-5-19(6-2)27-13-11-18(12-14-27)25-16(3)7-9-21(26-24)17-8-10-22(28-4)20(23)15-17/h7-10,15,18-19,25H,3,5-6,11-14,24H2,1-2,4H3/b9-7-,26-21+. The van der Waals surface area contributed by atoms with Gasteiger partial charge in [-0.1, -0.05) is 20.4 Å². The van der Waals surface area contributed by atoms with E-state index >= 15 is 0 Å². The van der Waals surface area contributed by atoms with Crippen LogP contribution in [0.2, 0.25) is 0 Å². The summed E-state index contributed by atoms with van der Waals surface area (Å²) in [6, 6.07) is 5.75. The van der Waals surface area contributed by atoms with Crippen molar-refractivity contribution in [2.75, 3.05) is 20.2 Å². The van der Waals surface area contributed by atoms with Gasteiger partial charge in [-0.3, -0.25) is 0 Å². The van der Waals surface area contributed by atoms with Crippen molar-refractivity contribution in [3.63, 3.8) is 0 Å². The predicted molar refractivity (Wildman–Crippen MR) is 114 cm³/mol. The van der Waals surface area contributed by atoms with Crippen LogP contribution in [-0.2, 0) is 0 Å². The maximum atomic E-state index is 13.9. The minimum absolute atomic E-state index is 0.190. The van der Waals surface area contributed by atoms with E-state index in [0.717, 1.165) is 31.6 Å². The summed E-state index contributed by atoms with van der Waals surface area (Å²) in [5.41, 5.74) is 1.87. The van der Waals surface area contributed by atoms with Gasteiger partial charge in [-0.25, -0.2) is 4.39 Å². The van der Waals surface area contributed by atoms with Gasteiger partial charge in [-0.15, -0.1) is 0 Å². The van der Waals surface area contributed by atoms with Crippen LogP contribution in [0.25, 0.3) is 0 Å². The molecule has 0 aromatic heterocycles. The van der Waals surface area contributed by atoms with E-state index in [0.29, 0.717) is 23.4 Å². The zero-order valence-corrected chi connectivity index (χ0v) is 17.2. The summed E-state index contributed by atoms with van der Waals surface area (Å²) in [6.45, 7) is 10.8. The molecule has 0 bridgehead atoms. The third-order valence-corrected chi connectivity index (χ3v) is 5.41. The highest BCUT2D eigenvalue weighted by atomic mass is 19.1. The number of hydrogen-bond donors (Lipinski definition) is 2. The van der Waals surface area contributed by atoms with Gasteiger partial charge in [0, 0.05) is 36.4 Å². The minimum Gasteiger partial charge on any atom is -0.494 e. The second kappa shape index (κ2) is 10.9. The number of hydrazone groups is 1.